The molecule has 1 heterocycles. The van der Waals surface area contributed by atoms with Crippen LogP contribution in [-0.4, -0.2) is 28.0 Å². The van der Waals surface area contributed by atoms with Crippen LogP contribution in [0.3, 0.4) is 0 Å². The van der Waals surface area contributed by atoms with E-state index in [0.29, 0.717) is 11.6 Å². The Kier molecular flexibility index (Phi) is 4.47. The quantitative estimate of drug-likeness (QED) is 0.666. The zero-order chi connectivity index (χ0) is 18.0. The molecule has 3 aromatic rings. The Hall–Kier alpha value is -3.22. The van der Waals surface area contributed by atoms with E-state index < -0.39 is 35.1 Å². The van der Waals surface area contributed by atoms with Crippen molar-refractivity contribution in [2.75, 3.05) is 0 Å². The number of amides is 1. The number of carboxylic acids is 1. The van der Waals surface area contributed by atoms with Crippen LogP contribution in [-0.2, 0) is 11.2 Å². The van der Waals surface area contributed by atoms with Crippen LogP contribution in [0, 0.1) is 11.6 Å². The summed E-state index contributed by atoms with van der Waals surface area (Å²) in [4.78, 5) is 26.7. The van der Waals surface area contributed by atoms with Crippen LogP contribution in [0.2, 0.25) is 0 Å². The molecule has 1 unspecified atom stereocenters. The molecule has 0 bridgehead atoms. The van der Waals surface area contributed by atoms with Gasteiger partial charge in [0, 0.05) is 29.6 Å². The number of hydrogen-bond donors (Lipinski definition) is 3. The van der Waals surface area contributed by atoms with Gasteiger partial charge in [-0.05, 0) is 23.8 Å². The maximum absolute atomic E-state index is 13.7. The highest BCUT2D eigenvalue weighted by Gasteiger charge is 2.24. The first-order valence-corrected chi connectivity index (χ1v) is 7.49. The van der Waals surface area contributed by atoms with E-state index in [4.69, 9.17) is 0 Å². The van der Waals surface area contributed by atoms with Gasteiger partial charge in [-0.1, -0.05) is 18.2 Å². The highest BCUT2D eigenvalue weighted by Crippen LogP contribution is 2.19. The number of H-pyrrole nitrogens is 1. The summed E-state index contributed by atoms with van der Waals surface area (Å²) in [7, 11) is 0. The molecule has 1 atom stereocenters. The van der Waals surface area contributed by atoms with Crippen molar-refractivity contribution in [3.05, 3.63) is 71.4 Å². The van der Waals surface area contributed by atoms with Gasteiger partial charge in [-0.25, -0.2) is 13.6 Å². The summed E-state index contributed by atoms with van der Waals surface area (Å²) in [5.74, 6) is -4.03. The molecule has 0 aliphatic rings. The number of nitrogens with one attached hydrogen (secondary N) is 2. The number of para-hydroxylation sites is 1. The van der Waals surface area contributed by atoms with Gasteiger partial charge in [-0.3, -0.25) is 4.79 Å². The van der Waals surface area contributed by atoms with Crippen LogP contribution in [0.15, 0.2) is 48.7 Å². The van der Waals surface area contributed by atoms with Gasteiger partial charge < -0.3 is 15.4 Å². The lowest BCUT2D eigenvalue weighted by atomic mass is 10.0. The topological polar surface area (TPSA) is 82.2 Å². The molecule has 128 valence electrons. The minimum Gasteiger partial charge on any atom is -0.480 e. The van der Waals surface area contributed by atoms with E-state index in [0.717, 1.165) is 23.0 Å². The number of benzene rings is 2. The van der Waals surface area contributed by atoms with Gasteiger partial charge in [0.2, 0.25) is 0 Å². The lowest BCUT2D eigenvalue weighted by molar-refractivity contribution is -0.139. The summed E-state index contributed by atoms with van der Waals surface area (Å²) in [5, 5.41) is 12.5. The second kappa shape index (κ2) is 6.72. The molecule has 3 N–H and O–H groups in total. The van der Waals surface area contributed by atoms with Crippen molar-refractivity contribution in [2.24, 2.45) is 0 Å². The SMILES string of the molecule is O=C(NC(Cc1c[nH]c2ccccc12)C(=O)O)c1ccc(F)cc1F. The number of carbonyl (C=O) groups excluding carboxylic acids is 1. The van der Waals surface area contributed by atoms with E-state index >= 15 is 0 Å². The summed E-state index contributed by atoms with van der Waals surface area (Å²) in [5.41, 5.74) is 1.15. The maximum Gasteiger partial charge on any atom is 0.326 e. The Morgan fingerprint density at radius 2 is 1.92 bits per heavy atom. The number of hydrogen-bond acceptors (Lipinski definition) is 2. The molecule has 0 saturated heterocycles. The third-order valence-electron chi connectivity index (χ3n) is 3.88. The van der Waals surface area contributed by atoms with E-state index in [1.807, 2.05) is 24.3 Å². The molecule has 25 heavy (non-hydrogen) atoms. The second-order valence-electron chi connectivity index (χ2n) is 5.55. The van der Waals surface area contributed by atoms with Gasteiger partial charge >= 0.3 is 5.97 Å². The fraction of sp³-hybridized carbons (Fsp3) is 0.111. The standard InChI is InChI=1S/C18H14F2N2O3/c19-11-5-6-13(14(20)8-11)17(23)22-16(18(24)25)7-10-9-21-15-4-2-1-3-12(10)15/h1-6,8-9,16,21H,7H2,(H,22,23)(H,24,25). The molecule has 5 nitrogen and oxygen atoms in total. The molecular weight excluding hydrogens is 330 g/mol. The smallest absolute Gasteiger partial charge is 0.326 e. The fourth-order valence-electron chi connectivity index (χ4n) is 2.63. The zero-order valence-electron chi connectivity index (χ0n) is 12.9. The normalized spacial score (nSPS) is 12.1. The van der Waals surface area contributed by atoms with Crippen molar-refractivity contribution in [3.8, 4) is 0 Å². The Labute approximate surface area is 141 Å². The van der Waals surface area contributed by atoms with Crippen molar-refractivity contribution in [3.63, 3.8) is 0 Å². The van der Waals surface area contributed by atoms with Crippen LogP contribution in [0.1, 0.15) is 15.9 Å². The molecule has 2 aromatic carbocycles. The Bertz CT molecular complexity index is 952. The number of aromatic nitrogens is 1. The van der Waals surface area contributed by atoms with E-state index in [9.17, 15) is 23.5 Å². The van der Waals surface area contributed by atoms with E-state index in [1.54, 1.807) is 6.20 Å². The van der Waals surface area contributed by atoms with Crippen LogP contribution >= 0.6 is 0 Å². The predicted molar refractivity (Wildman–Crippen MR) is 87.3 cm³/mol. The lowest BCUT2D eigenvalue weighted by Gasteiger charge is -2.14. The summed E-state index contributed by atoms with van der Waals surface area (Å²) in [6.45, 7) is 0. The van der Waals surface area contributed by atoms with Gasteiger partial charge in [0.25, 0.3) is 5.91 Å². The Morgan fingerprint density at radius 1 is 1.16 bits per heavy atom. The summed E-state index contributed by atoms with van der Waals surface area (Å²) < 4.78 is 26.6. The molecule has 1 aromatic heterocycles. The monoisotopic (exact) mass is 344 g/mol. The van der Waals surface area contributed by atoms with Crippen molar-refractivity contribution < 1.29 is 23.5 Å². The van der Waals surface area contributed by atoms with E-state index in [2.05, 4.69) is 10.3 Å². The van der Waals surface area contributed by atoms with Crippen molar-refractivity contribution in [2.45, 2.75) is 12.5 Å². The summed E-state index contributed by atoms with van der Waals surface area (Å²) in [6.07, 6.45) is 1.69. The molecule has 1 amide bonds. The summed E-state index contributed by atoms with van der Waals surface area (Å²) in [6, 6.07) is 8.58. The second-order valence-corrected chi connectivity index (χ2v) is 5.55. The number of rotatable bonds is 5. The van der Waals surface area contributed by atoms with Crippen LogP contribution in [0.25, 0.3) is 10.9 Å². The molecule has 7 heteroatoms. The molecule has 3 rings (SSSR count). The van der Waals surface area contributed by atoms with E-state index in [-0.39, 0.29) is 6.42 Å². The Balaban J connectivity index is 1.82. The van der Waals surface area contributed by atoms with Crippen LogP contribution in [0.4, 0.5) is 8.78 Å². The molecule has 0 aliphatic heterocycles. The molecule has 0 saturated carbocycles. The first-order chi connectivity index (χ1) is 12.0. The largest absolute Gasteiger partial charge is 0.480 e. The number of fused-ring (bicyclic) bond motifs is 1. The molecular formula is C18H14F2N2O3. The van der Waals surface area contributed by atoms with Crippen LogP contribution < -0.4 is 5.32 Å². The van der Waals surface area contributed by atoms with Gasteiger partial charge in [-0.2, -0.15) is 0 Å². The summed E-state index contributed by atoms with van der Waals surface area (Å²) >= 11 is 0. The van der Waals surface area contributed by atoms with E-state index in [1.165, 1.54) is 0 Å². The lowest BCUT2D eigenvalue weighted by Crippen LogP contribution is -2.42. The fourth-order valence-corrected chi connectivity index (χ4v) is 2.63. The van der Waals surface area contributed by atoms with Crippen molar-refractivity contribution >= 4 is 22.8 Å². The third kappa shape index (κ3) is 3.50. The minimum absolute atomic E-state index is 0.0217. The number of aromatic amines is 1. The highest BCUT2D eigenvalue weighted by atomic mass is 19.1. The zero-order valence-corrected chi connectivity index (χ0v) is 12.9. The maximum atomic E-state index is 13.7. The molecule has 0 fully saturated rings. The third-order valence-corrected chi connectivity index (χ3v) is 3.88. The first kappa shape index (κ1) is 16.6. The minimum atomic E-state index is -1.25. The number of carboxylic acid groups (broad SMARTS) is 1. The highest BCUT2D eigenvalue weighted by molar-refractivity contribution is 5.97. The van der Waals surface area contributed by atoms with Crippen molar-refractivity contribution in [1.29, 1.82) is 0 Å². The number of halogens is 2. The number of carbonyl (C=O) groups is 2. The van der Waals surface area contributed by atoms with Gasteiger partial charge in [-0.15, -0.1) is 0 Å². The van der Waals surface area contributed by atoms with Gasteiger partial charge in [0.1, 0.15) is 17.7 Å². The molecule has 0 aliphatic carbocycles. The molecule has 0 spiro atoms. The molecule has 0 radical (unpaired) electrons. The van der Waals surface area contributed by atoms with Gasteiger partial charge in [0.15, 0.2) is 0 Å². The first-order valence-electron chi connectivity index (χ1n) is 7.49. The van der Waals surface area contributed by atoms with Crippen molar-refractivity contribution in [1.82, 2.24) is 10.3 Å². The average molecular weight is 344 g/mol. The van der Waals surface area contributed by atoms with Gasteiger partial charge in [0.05, 0.1) is 5.56 Å². The van der Waals surface area contributed by atoms with Crippen LogP contribution in [0.5, 0.6) is 0 Å². The Morgan fingerprint density at radius 3 is 2.64 bits per heavy atom. The average Bonchev–Trinajstić information content (AvgIpc) is 2.97. The number of aliphatic carboxylic acids is 1. The predicted octanol–water partition coefficient (Wildman–Crippen LogP) is 2.87.